The van der Waals surface area contributed by atoms with Crippen molar-refractivity contribution in [1.82, 2.24) is 10.3 Å². The molecule has 19 heavy (non-hydrogen) atoms. The van der Waals surface area contributed by atoms with Crippen molar-refractivity contribution in [2.45, 2.75) is 26.3 Å². The Hall–Kier alpha value is -2.11. The molecule has 1 atom stereocenters. The maximum atomic E-state index is 12.0. The standard InChI is InChI=1S/C13H19N3O3/c1-9(2)7-11(12(17)18)15-13(19)16(3)10-5-4-6-14-8-10/h4-6,8-9,11H,7H2,1-3H3,(H,15,19)(H,17,18)/t11-/m0/s1. The molecule has 0 aromatic carbocycles. The topological polar surface area (TPSA) is 82.5 Å². The molecule has 0 radical (unpaired) electrons. The average molecular weight is 265 g/mol. The van der Waals surface area contributed by atoms with E-state index < -0.39 is 18.0 Å². The van der Waals surface area contributed by atoms with E-state index in [0.717, 1.165) is 0 Å². The van der Waals surface area contributed by atoms with Gasteiger partial charge in [0.15, 0.2) is 0 Å². The number of aliphatic carboxylic acids is 1. The Balaban J connectivity index is 2.69. The monoisotopic (exact) mass is 265 g/mol. The van der Waals surface area contributed by atoms with Crippen LogP contribution < -0.4 is 10.2 Å². The van der Waals surface area contributed by atoms with Gasteiger partial charge in [0.25, 0.3) is 0 Å². The first-order valence-corrected chi connectivity index (χ1v) is 6.09. The maximum absolute atomic E-state index is 12.0. The Morgan fingerprint density at radius 3 is 2.63 bits per heavy atom. The molecule has 2 N–H and O–H groups in total. The van der Waals surface area contributed by atoms with Crippen molar-refractivity contribution >= 4 is 17.7 Å². The number of hydrogen-bond acceptors (Lipinski definition) is 3. The van der Waals surface area contributed by atoms with Gasteiger partial charge < -0.3 is 10.4 Å². The lowest BCUT2D eigenvalue weighted by atomic mass is 10.0. The Labute approximate surface area is 112 Å². The summed E-state index contributed by atoms with van der Waals surface area (Å²) in [6.45, 7) is 3.82. The second-order valence-electron chi connectivity index (χ2n) is 4.74. The molecule has 1 aromatic heterocycles. The number of urea groups is 1. The summed E-state index contributed by atoms with van der Waals surface area (Å²) in [5.74, 6) is -0.841. The average Bonchev–Trinajstić information content (AvgIpc) is 2.37. The lowest BCUT2D eigenvalue weighted by Crippen LogP contribution is -2.47. The molecule has 6 nitrogen and oxygen atoms in total. The number of pyridine rings is 1. The summed E-state index contributed by atoms with van der Waals surface area (Å²) in [5, 5.41) is 11.6. The fourth-order valence-corrected chi connectivity index (χ4v) is 1.61. The van der Waals surface area contributed by atoms with E-state index >= 15 is 0 Å². The van der Waals surface area contributed by atoms with Gasteiger partial charge in [0, 0.05) is 13.2 Å². The van der Waals surface area contributed by atoms with Crippen LogP contribution in [0.4, 0.5) is 10.5 Å². The van der Waals surface area contributed by atoms with Gasteiger partial charge >= 0.3 is 12.0 Å². The Morgan fingerprint density at radius 2 is 2.16 bits per heavy atom. The predicted octanol–water partition coefficient (Wildman–Crippen LogP) is 1.73. The van der Waals surface area contributed by atoms with Crippen molar-refractivity contribution in [3.63, 3.8) is 0 Å². The first kappa shape index (κ1) is 14.9. The number of nitrogens with zero attached hydrogens (tertiary/aromatic N) is 2. The van der Waals surface area contributed by atoms with Crippen LogP contribution in [0.1, 0.15) is 20.3 Å². The molecule has 0 saturated carbocycles. The zero-order valence-electron chi connectivity index (χ0n) is 11.3. The van der Waals surface area contributed by atoms with Crippen molar-refractivity contribution < 1.29 is 14.7 Å². The quantitative estimate of drug-likeness (QED) is 0.849. The number of carbonyl (C=O) groups excluding carboxylic acids is 1. The van der Waals surface area contributed by atoms with Gasteiger partial charge in [0.05, 0.1) is 11.9 Å². The molecule has 6 heteroatoms. The molecule has 0 aliphatic rings. The van der Waals surface area contributed by atoms with E-state index in [1.807, 2.05) is 13.8 Å². The number of nitrogens with one attached hydrogen (secondary N) is 1. The van der Waals surface area contributed by atoms with Gasteiger partial charge in [-0.05, 0) is 24.5 Å². The second kappa shape index (κ2) is 6.72. The number of hydrogen-bond donors (Lipinski definition) is 2. The first-order valence-electron chi connectivity index (χ1n) is 6.09. The largest absolute Gasteiger partial charge is 0.480 e. The highest BCUT2D eigenvalue weighted by atomic mass is 16.4. The Bertz CT molecular complexity index is 434. The highest BCUT2D eigenvalue weighted by Gasteiger charge is 2.23. The van der Waals surface area contributed by atoms with Crippen LogP contribution in [-0.4, -0.2) is 35.2 Å². The normalized spacial score (nSPS) is 12.0. The van der Waals surface area contributed by atoms with Crippen LogP contribution in [0.5, 0.6) is 0 Å². The zero-order valence-corrected chi connectivity index (χ0v) is 11.3. The van der Waals surface area contributed by atoms with Crippen LogP contribution in [0.15, 0.2) is 24.5 Å². The number of amides is 2. The number of carboxylic acids is 1. The third kappa shape index (κ3) is 4.57. The van der Waals surface area contributed by atoms with Gasteiger partial charge in [0.2, 0.25) is 0 Å². The zero-order chi connectivity index (χ0) is 14.4. The lowest BCUT2D eigenvalue weighted by molar-refractivity contribution is -0.139. The van der Waals surface area contributed by atoms with E-state index in [2.05, 4.69) is 10.3 Å². The van der Waals surface area contributed by atoms with E-state index in [-0.39, 0.29) is 5.92 Å². The first-order chi connectivity index (χ1) is 8.91. The van der Waals surface area contributed by atoms with Crippen molar-refractivity contribution in [2.75, 3.05) is 11.9 Å². The summed E-state index contributed by atoms with van der Waals surface area (Å²) < 4.78 is 0. The van der Waals surface area contributed by atoms with Crippen LogP contribution in [-0.2, 0) is 4.79 Å². The van der Waals surface area contributed by atoms with Gasteiger partial charge in [-0.3, -0.25) is 9.88 Å². The molecular weight excluding hydrogens is 246 g/mol. The molecule has 0 saturated heterocycles. The molecule has 1 rings (SSSR count). The highest BCUT2D eigenvalue weighted by Crippen LogP contribution is 2.11. The molecule has 104 valence electrons. The van der Waals surface area contributed by atoms with E-state index in [0.29, 0.717) is 12.1 Å². The molecular formula is C13H19N3O3. The van der Waals surface area contributed by atoms with Gasteiger partial charge in [-0.15, -0.1) is 0 Å². The maximum Gasteiger partial charge on any atom is 0.326 e. The van der Waals surface area contributed by atoms with E-state index in [1.54, 1.807) is 25.4 Å². The van der Waals surface area contributed by atoms with Crippen LogP contribution in [0.3, 0.4) is 0 Å². The highest BCUT2D eigenvalue weighted by molar-refractivity contribution is 5.93. The minimum Gasteiger partial charge on any atom is -0.480 e. The summed E-state index contributed by atoms with van der Waals surface area (Å²) in [4.78, 5) is 28.3. The lowest BCUT2D eigenvalue weighted by Gasteiger charge is -2.22. The van der Waals surface area contributed by atoms with Gasteiger partial charge in [-0.1, -0.05) is 13.8 Å². The predicted molar refractivity (Wildman–Crippen MR) is 72.1 cm³/mol. The second-order valence-corrected chi connectivity index (χ2v) is 4.74. The van der Waals surface area contributed by atoms with Crippen molar-refractivity contribution in [3.05, 3.63) is 24.5 Å². The molecule has 0 spiro atoms. The summed E-state index contributed by atoms with van der Waals surface area (Å²) in [6, 6.07) is 2.10. The Kier molecular flexibility index (Phi) is 5.29. The van der Waals surface area contributed by atoms with Gasteiger partial charge in [-0.2, -0.15) is 0 Å². The number of aromatic nitrogens is 1. The van der Waals surface area contributed by atoms with Crippen molar-refractivity contribution in [3.8, 4) is 0 Å². The third-order valence-corrected chi connectivity index (χ3v) is 2.64. The summed E-state index contributed by atoms with van der Waals surface area (Å²) in [5.41, 5.74) is 0.605. The van der Waals surface area contributed by atoms with Crippen LogP contribution in [0, 0.1) is 5.92 Å². The van der Waals surface area contributed by atoms with Gasteiger partial charge in [-0.25, -0.2) is 9.59 Å². The third-order valence-electron chi connectivity index (χ3n) is 2.64. The minimum atomic E-state index is -1.03. The van der Waals surface area contributed by atoms with Crippen LogP contribution in [0.2, 0.25) is 0 Å². The SMILES string of the molecule is CC(C)C[C@H](NC(=O)N(C)c1cccnc1)C(=O)O. The molecule has 1 aromatic rings. The number of carbonyl (C=O) groups is 2. The Morgan fingerprint density at radius 1 is 1.47 bits per heavy atom. The fraction of sp³-hybridized carbons (Fsp3) is 0.462. The number of rotatable bonds is 5. The molecule has 0 aliphatic heterocycles. The molecule has 0 fully saturated rings. The van der Waals surface area contributed by atoms with Crippen LogP contribution in [0.25, 0.3) is 0 Å². The van der Waals surface area contributed by atoms with E-state index in [1.165, 1.54) is 11.1 Å². The number of carboxylic acid groups (broad SMARTS) is 1. The molecule has 2 amide bonds. The van der Waals surface area contributed by atoms with E-state index in [9.17, 15) is 9.59 Å². The summed E-state index contributed by atoms with van der Waals surface area (Å²) in [6.07, 6.45) is 3.54. The van der Waals surface area contributed by atoms with Gasteiger partial charge in [0.1, 0.15) is 6.04 Å². The molecule has 0 aliphatic carbocycles. The fourth-order valence-electron chi connectivity index (χ4n) is 1.61. The van der Waals surface area contributed by atoms with E-state index in [4.69, 9.17) is 5.11 Å². The molecule has 0 unspecified atom stereocenters. The number of anilines is 1. The molecule has 0 bridgehead atoms. The smallest absolute Gasteiger partial charge is 0.326 e. The minimum absolute atomic E-state index is 0.185. The molecule has 1 heterocycles. The van der Waals surface area contributed by atoms with Crippen molar-refractivity contribution in [1.29, 1.82) is 0 Å². The summed E-state index contributed by atoms with van der Waals surface area (Å²) in [7, 11) is 1.57. The summed E-state index contributed by atoms with van der Waals surface area (Å²) >= 11 is 0. The van der Waals surface area contributed by atoms with Crippen LogP contribution >= 0.6 is 0 Å². The van der Waals surface area contributed by atoms with Crippen molar-refractivity contribution in [2.24, 2.45) is 5.92 Å².